The molecule has 0 spiro atoms. The molecule has 2 aromatic carbocycles. The zero-order valence-electron chi connectivity index (χ0n) is 41.0. The first kappa shape index (κ1) is 60.4. The van der Waals surface area contributed by atoms with E-state index in [-0.39, 0.29) is 62.8 Å². The summed E-state index contributed by atoms with van der Waals surface area (Å²) in [6, 6.07) is 5.23. The molecule has 8 amide bonds. The molecule has 0 aliphatic heterocycles. The van der Waals surface area contributed by atoms with E-state index in [1.54, 1.807) is 44.2 Å². The standard InChI is InChI=1S/C48H75N11O12/c1-28(2)22-35(54-39(62)25-52-48(71)41(51)29(3)4)45(68)56-33(14-8-10-20-49)43(66)55-34(15-9-11-21-50)44(67)59-38(27-60)47(70)58-37(23-30-12-6-5-7-13-30)46(69)57-36(42(65)53-26-40(63)64)24-31-16-18-32(61)19-17-31/h5-7,12-13,16-19,28-29,33-38,41,60-61H,8-11,14-15,20-27,49-51H2,1-4H3,(H,52,71)(H,53,65)(H,54,62)(H,55,66)(H,56,68)(H,57,69)(H,58,70)(H,59,67)(H,63,64)/t33-,34-,35-,36-,37-,38-,41-/m0/s1. The van der Waals surface area contributed by atoms with Crippen LogP contribution in [0, 0.1) is 11.8 Å². The van der Waals surface area contributed by atoms with Crippen molar-refractivity contribution in [3.8, 4) is 5.75 Å². The van der Waals surface area contributed by atoms with Crippen LogP contribution in [0.25, 0.3) is 0 Å². The fourth-order valence-electron chi connectivity index (χ4n) is 7.04. The summed E-state index contributed by atoms with van der Waals surface area (Å²) in [5.41, 5.74) is 18.4. The van der Waals surface area contributed by atoms with Crippen LogP contribution >= 0.6 is 0 Å². The first-order valence-electron chi connectivity index (χ1n) is 23.9. The van der Waals surface area contributed by atoms with Gasteiger partial charge in [-0.1, -0.05) is 70.2 Å². The molecule has 2 aromatic rings. The van der Waals surface area contributed by atoms with Crippen LogP contribution in [0.1, 0.15) is 83.8 Å². The zero-order valence-corrected chi connectivity index (χ0v) is 41.0. The van der Waals surface area contributed by atoms with Gasteiger partial charge < -0.3 is 75.1 Å². The number of rotatable bonds is 33. The summed E-state index contributed by atoms with van der Waals surface area (Å²) < 4.78 is 0. The zero-order chi connectivity index (χ0) is 53.0. The lowest BCUT2D eigenvalue weighted by Gasteiger charge is -2.27. The number of aromatic hydroxyl groups is 1. The van der Waals surface area contributed by atoms with Crippen LogP contribution < -0.4 is 59.7 Å². The smallest absolute Gasteiger partial charge is 0.322 e. The lowest BCUT2D eigenvalue weighted by molar-refractivity contribution is -0.138. The Labute approximate surface area is 414 Å². The van der Waals surface area contributed by atoms with Crippen molar-refractivity contribution in [1.82, 2.24) is 42.5 Å². The average molecular weight is 998 g/mol. The average Bonchev–Trinajstić information content (AvgIpc) is 3.33. The number of hydrogen-bond donors (Lipinski definition) is 14. The largest absolute Gasteiger partial charge is 0.508 e. The van der Waals surface area contributed by atoms with E-state index < -0.39 is 115 Å². The molecule has 0 aliphatic carbocycles. The van der Waals surface area contributed by atoms with Gasteiger partial charge in [0.1, 0.15) is 48.5 Å². The lowest BCUT2D eigenvalue weighted by Crippen LogP contribution is -2.61. The highest BCUT2D eigenvalue weighted by Crippen LogP contribution is 2.14. The Kier molecular flexibility index (Phi) is 27.4. The van der Waals surface area contributed by atoms with Crippen molar-refractivity contribution in [3.63, 3.8) is 0 Å². The first-order chi connectivity index (χ1) is 33.7. The molecule has 7 atom stereocenters. The van der Waals surface area contributed by atoms with E-state index >= 15 is 0 Å². The second-order valence-corrected chi connectivity index (χ2v) is 18.0. The van der Waals surface area contributed by atoms with E-state index in [9.17, 15) is 58.5 Å². The SMILES string of the molecule is CC(C)C[C@H](NC(=O)CNC(=O)[C@@H](N)C(C)C)C(=O)N[C@@H](CCCCN)C(=O)N[C@@H](CCCCN)C(=O)N[C@@H](CO)C(=O)N[C@@H](Cc1ccccc1)C(=O)N[C@@H](Cc1ccc(O)cc1)C(=O)NCC(=O)O. The first-order valence-corrected chi connectivity index (χ1v) is 23.9. The van der Waals surface area contributed by atoms with Crippen molar-refractivity contribution < 1.29 is 58.5 Å². The third-order valence-electron chi connectivity index (χ3n) is 11.1. The molecule has 0 heterocycles. The number of amides is 8. The van der Waals surface area contributed by atoms with Gasteiger partial charge in [0.25, 0.3) is 0 Å². The molecule has 71 heavy (non-hydrogen) atoms. The van der Waals surface area contributed by atoms with E-state index in [2.05, 4.69) is 42.5 Å². The minimum atomic E-state index is -1.68. The third kappa shape index (κ3) is 23.2. The van der Waals surface area contributed by atoms with Gasteiger partial charge in [-0.25, -0.2) is 0 Å². The van der Waals surface area contributed by atoms with Crippen molar-refractivity contribution in [1.29, 1.82) is 0 Å². The second-order valence-electron chi connectivity index (χ2n) is 18.0. The predicted molar refractivity (Wildman–Crippen MR) is 262 cm³/mol. The van der Waals surface area contributed by atoms with Crippen LogP contribution in [0.4, 0.5) is 0 Å². The summed E-state index contributed by atoms with van der Waals surface area (Å²) in [6.45, 7) is 5.52. The van der Waals surface area contributed by atoms with Crippen molar-refractivity contribution in [2.24, 2.45) is 29.0 Å². The van der Waals surface area contributed by atoms with Crippen LogP contribution in [0.15, 0.2) is 54.6 Å². The van der Waals surface area contributed by atoms with E-state index in [1.165, 1.54) is 24.3 Å². The van der Waals surface area contributed by atoms with Crippen molar-refractivity contribution >= 4 is 53.2 Å². The Morgan fingerprint density at radius 3 is 1.44 bits per heavy atom. The quantitative estimate of drug-likeness (QED) is 0.0334. The minimum absolute atomic E-state index is 0.0155. The molecule has 0 aromatic heterocycles. The van der Waals surface area contributed by atoms with Gasteiger partial charge in [0.15, 0.2) is 0 Å². The summed E-state index contributed by atoms with van der Waals surface area (Å²) in [5.74, 6) is -7.99. The number of aliphatic carboxylic acids is 1. The second kappa shape index (κ2) is 32.2. The summed E-state index contributed by atoms with van der Waals surface area (Å²) in [7, 11) is 0. The Hall–Kier alpha value is -6.69. The third-order valence-corrected chi connectivity index (χ3v) is 11.1. The lowest BCUT2D eigenvalue weighted by atomic mass is 10.0. The monoisotopic (exact) mass is 998 g/mol. The molecule has 0 saturated carbocycles. The fourth-order valence-corrected chi connectivity index (χ4v) is 7.04. The Bertz CT molecular complexity index is 2040. The van der Waals surface area contributed by atoms with Gasteiger partial charge in [-0.15, -0.1) is 0 Å². The van der Waals surface area contributed by atoms with E-state index in [0.29, 0.717) is 36.8 Å². The molecule has 2 rings (SSSR count). The summed E-state index contributed by atoms with van der Waals surface area (Å²) in [6.07, 6.45) is 1.64. The highest BCUT2D eigenvalue weighted by atomic mass is 16.4. The van der Waals surface area contributed by atoms with Gasteiger partial charge in [0.2, 0.25) is 47.3 Å². The maximum Gasteiger partial charge on any atom is 0.322 e. The van der Waals surface area contributed by atoms with Gasteiger partial charge >= 0.3 is 5.97 Å². The van der Waals surface area contributed by atoms with E-state index in [1.807, 2.05) is 13.8 Å². The number of nitrogens with two attached hydrogens (primary N) is 3. The van der Waals surface area contributed by atoms with Crippen LogP contribution in [0.5, 0.6) is 5.75 Å². The molecule has 0 aliphatic rings. The molecule has 0 unspecified atom stereocenters. The Morgan fingerprint density at radius 1 is 0.521 bits per heavy atom. The molecule has 0 saturated heterocycles. The van der Waals surface area contributed by atoms with E-state index in [0.717, 1.165) is 0 Å². The number of aliphatic hydroxyl groups is 1. The highest BCUT2D eigenvalue weighted by molar-refractivity contribution is 5.97. The number of benzene rings is 2. The number of hydrogen-bond acceptors (Lipinski definition) is 14. The molecule has 23 heteroatoms. The fraction of sp³-hybridized carbons (Fsp3) is 0.562. The number of phenolic OH excluding ortho intramolecular Hbond substituents is 1. The molecule has 23 nitrogen and oxygen atoms in total. The summed E-state index contributed by atoms with van der Waals surface area (Å²) >= 11 is 0. The number of nitrogens with one attached hydrogen (secondary N) is 8. The molecule has 0 fully saturated rings. The summed E-state index contributed by atoms with van der Waals surface area (Å²) in [4.78, 5) is 120. The number of carboxylic acid groups (broad SMARTS) is 1. The summed E-state index contributed by atoms with van der Waals surface area (Å²) in [5, 5.41) is 49.6. The van der Waals surface area contributed by atoms with Gasteiger partial charge in [-0.05, 0) is 93.1 Å². The van der Waals surface area contributed by atoms with Crippen molar-refractivity contribution in [2.45, 2.75) is 128 Å². The van der Waals surface area contributed by atoms with Crippen LogP contribution in [-0.4, -0.2) is 144 Å². The molecule has 0 bridgehead atoms. The topological polar surface area (TPSA) is 389 Å². The maximum absolute atomic E-state index is 14.1. The van der Waals surface area contributed by atoms with Crippen LogP contribution in [-0.2, 0) is 56.0 Å². The number of unbranched alkanes of at least 4 members (excludes halogenated alkanes) is 2. The van der Waals surface area contributed by atoms with Gasteiger partial charge in [-0.2, -0.15) is 0 Å². The van der Waals surface area contributed by atoms with Gasteiger partial charge in [0, 0.05) is 12.8 Å². The van der Waals surface area contributed by atoms with Crippen molar-refractivity contribution in [2.75, 3.05) is 32.8 Å². The number of aliphatic hydroxyl groups excluding tert-OH is 1. The van der Waals surface area contributed by atoms with Crippen LogP contribution in [0.2, 0.25) is 0 Å². The molecule has 394 valence electrons. The number of phenols is 1. The molecule has 17 N–H and O–H groups in total. The Morgan fingerprint density at radius 2 is 0.958 bits per heavy atom. The number of carbonyl (C=O) groups is 9. The maximum atomic E-state index is 14.1. The number of carboxylic acids is 1. The van der Waals surface area contributed by atoms with Gasteiger partial charge in [0.05, 0.1) is 19.2 Å². The normalized spacial score (nSPS) is 14.1. The predicted octanol–water partition coefficient (Wildman–Crippen LogP) is -2.32. The number of carbonyl (C=O) groups excluding carboxylic acids is 8. The minimum Gasteiger partial charge on any atom is -0.508 e. The molecular weight excluding hydrogens is 923 g/mol. The Balaban J connectivity index is 2.36. The van der Waals surface area contributed by atoms with Crippen molar-refractivity contribution in [3.05, 3.63) is 65.7 Å². The highest BCUT2D eigenvalue weighted by Gasteiger charge is 2.34. The molecular formula is C48H75N11O12. The molecule has 0 radical (unpaired) electrons. The van der Waals surface area contributed by atoms with Gasteiger partial charge in [-0.3, -0.25) is 43.2 Å². The van der Waals surface area contributed by atoms with E-state index in [4.69, 9.17) is 17.2 Å². The van der Waals surface area contributed by atoms with Crippen LogP contribution in [0.3, 0.4) is 0 Å².